The molecule has 3 aromatic rings. The van der Waals surface area contributed by atoms with E-state index in [0.29, 0.717) is 11.4 Å². The van der Waals surface area contributed by atoms with E-state index < -0.39 is 22.5 Å². The molecule has 3 rings (SSSR count). The third-order valence-electron chi connectivity index (χ3n) is 5.70. The fraction of sp³-hybridized carbons (Fsp3) is 0.286. The Kier molecular flexibility index (Phi) is 7.80. The fourth-order valence-electron chi connectivity index (χ4n) is 3.52. The Morgan fingerprint density at radius 2 is 1.54 bits per heavy atom. The molecule has 1 amide bonds. The Balaban J connectivity index is 1.83. The molecule has 0 saturated carbocycles. The Morgan fingerprint density at radius 1 is 0.914 bits per heavy atom. The SMILES string of the molecule is C/C(=N/NC(=O)CN(c1cccc(C)c1)S(=O)(=O)c1ccc(C)cc1)c1ccc(C(C)(C)C)cc1. The van der Waals surface area contributed by atoms with Crippen molar-refractivity contribution in [2.45, 2.75) is 51.9 Å². The van der Waals surface area contributed by atoms with Crippen LogP contribution in [0.2, 0.25) is 0 Å². The molecule has 1 N–H and O–H groups in total. The second kappa shape index (κ2) is 10.4. The molecule has 6 nitrogen and oxygen atoms in total. The Morgan fingerprint density at radius 3 is 2.11 bits per heavy atom. The van der Waals surface area contributed by atoms with Crippen molar-refractivity contribution in [3.8, 4) is 0 Å². The number of nitrogens with one attached hydrogen (secondary N) is 1. The quantitative estimate of drug-likeness (QED) is 0.358. The predicted octanol–water partition coefficient (Wildman–Crippen LogP) is 5.34. The van der Waals surface area contributed by atoms with Crippen LogP contribution in [0.5, 0.6) is 0 Å². The minimum Gasteiger partial charge on any atom is -0.271 e. The molecule has 0 fully saturated rings. The Labute approximate surface area is 208 Å². The summed E-state index contributed by atoms with van der Waals surface area (Å²) in [5.41, 5.74) is 7.52. The average molecular weight is 492 g/mol. The van der Waals surface area contributed by atoms with Gasteiger partial charge in [-0.25, -0.2) is 13.8 Å². The molecule has 0 atom stereocenters. The van der Waals surface area contributed by atoms with E-state index in [-0.39, 0.29) is 10.3 Å². The zero-order valence-corrected chi connectivity index (χ0v) is 22.0. The van der Waals surface area contributed by atoms with Gasteiger partial charge in [0.1, 0.15) is 6.54 Å². The highest BCUT2D eigenvalue weighted by molar-refractivity contribution is 7.92. The number of carbonyl (C=O) groups excluding carboxylic acids is 1. The molecule has 0 bridgehead atoms. The molecule has 0 unspecified atom stereocenters. The first-order chi connectivity index (χ1) is 16.4. The maximum Gasteiger partial charge on any atom is 0.264 e. The van der Waals surface area contributed by atoms with Crippen molar-refractivity contribution in [2.24, 2.45) is 5.10 Å². The highest BCUT2D eigenvalue weighted by atomic mass is 32.2. The number of anilines is 1. The standard InChI is InChI=1S/C28H33N3O3S/c1-20-10-16-26(17-11-20)35(33,34)31(25-9-7-8-21(2)18-25)19-27(32)30-29-22(3)23-12-14-24(15-13-23)28(4,5)6/h7-18H,19H2,1-6H3,(H,30,32)/b29-22-. The molecule has 0 aliphatic rings. The van der Waals surface area contributed by atoms with Crippen LogP contribution in [-0.2, 0) is 20.2 Å². The maximum absolute atomic E-state index is 13.5. The third kappa shape index (κ3) is 6.57. The predicted molar refractivity (Wildman–Crippen MR) is 142 cm³/mol. The van der Waals surface area contributed by atoms with Gasteiger partial charge in [0, 0.05) is 0 Å². The summed E-state index contributed by atoms with van der Waals surface area (Å²) < 4.78 is 28.1. The summed E-state index contributed by atoms with van der Waals surface area (Å²) in [6, 6.07) is 21.7. The van der Waals surface area contributed by atoms with E-state index in [0.717, 1.165) is 21.0 Å². The molecule has 184 valence electrons. The number of hydrazone groups is 1. The van der Waals surface area contributed by atoms with Crippen molar-refractivity contribution >= 4 is 27.3 Å². The van der Waals surface area contributed by atoms with Gasteiger partial charge in [0.05, 0.1) is 16.3 Å². The molecule has 0 radical (unpaired) electrons. The van der Waals surface area contributed by atoms with Crippen molar-refractivity contribution in [3.05, 3.63) is 95.1 Å². The first kappa shape index (κ1) is 26.2. The molecule has 0 aromatic heterocycles. The maximum atomic E-state index is 13.5. The first-order valence-corrected chi connectivity index (χ1v) is 12.9. The van der Waals surface area contributed by atoms with Crippen LogP contribution in [0.15, 0.2) is 82.8 Å². The Hall–Kier alpha value is -3.45. The lowest BCUT2D eigenvalue weighted by molar-refractivity contribution is -0.119. The fourth-order valence-corrected chi connectivity index (χ4v) is 4.94. The molecule has 0 aliphatic heterocycles. The van der Waals surface area contributed by atoms with Crippen molar-refractivity contribution < 1.29 is 13.2 Å². The van der Waals surface area contributed by atoms with E-state index >= 15 is 0 Å². The molecule has 0 saturated heterocycles. The summed E-state index contributed by atoms with van der Waals surface area (Å²) in [5, 5.41) is 4.21. The highest BCUT2D eigenvalue weighted by Crippen LogP contribution is 2.25. The summed E-state index contributed by atoms with van der Waals surface area (Å²) in [6.45, 7) is 11.6. The van der Waals surface area contributed by atoms with E-state index in [1.807, 2.05) is 44.2 Å². The summed E-state index contributed by atoms with van der Waals surface area (Å²) >= 11 is 0. The highest BCUT2D eigenvalue weighted by Gasteiger charge is 2.27. The van der Waals surface area contributed by atoms with Crippen LogP contribution in [0, 0.1) is 13.8 Å². The van der Waals surface area contributed by atoms with Crippen LogP contribution >= 0.6 is 0 Å². The van der Waals surface area contributed by atoms with E-state index in [1.54, 1.807) is 49.4 Å². The lowest BCUT2D eigenvalue weighted by Crippen LogP contribution is -2.39. The second-order valence-electron chi connectivity index (χ2n) is 9.72. The number of benzene rings is 3. The van der Waals surface area contributed by atoms with Crippen molar-refractivity contribution in [1.29, 1.82) is 0 Å². The van der Waals surface area contributed by atoms with Gasteiger partial charge >= 0.3 is 0 Å². The molecular weight excluding hydrogens is 458 g/mol. The van der Waals surface area contributed by atoms with Crippen LogP contribution < -0.4 is 9.73 Å². The minimum absolute atomic E-state index is 0.0417. The molecular formula is C28H33N3O3S. The summed E-state index contributed by atoms with van der Waals surface area (Å²) in [4.78, 5) is 13.0. The van der Waals surface area contributed by atoms with Crippen LogP contribution in [0.3, 0.4) is 0 Å². The number of amides is 1. The number of hydrogen-bond acceptors (Lipinski definition) is 4. The molecule has 35 heavy (non-hydrogen) atoms. The monoisotopic (exact) mass is 491 g/mol. The first-order valence-electron chi connectivity index (χ1n) is 11.5. The van der Waals surface area contributed by atoms with Gasteiger partial charge in [-0.15, -0.1) is 0 Å². The Bertz CT molecular complexity index is 1320. The second-order valence-corrected chi connectivity index (χ2v) is 11.6. The van der Waals surface area contributed by atoms with E-state index in [4.69, 9.17) is 0 Å². The molecule has 0 heterocycles. The largest absolute Gasteiger partial charge is 0.271 e. The number of sulfonamides is 1. The lowest BCUT2D eigenvalue weighted by Gasteiger charge is -2.24. The van der Waals surface area contributed by atoms with Gasteiger partial charge in [-0.2, -0.15) is 5.10 Å². The van der Waals surface area contributed by atoms with E-state index in [9.17, 15) is 13.2 Å². The minimum atomic E-state index is -3.97. The van der Waals surface area contributed by atoms with Crippen LogP contribution in [0.25, 0.3) is 0 Å². The van der Waals surface area contributed by atoms with Crippen molar-refractivity contribution in [2.75, 3.05) is 10.8 Å². The zero-order valence-electron chi connectivity index (χ0n) is 21.2. The summed E-state index contributed by atoms with van der Waals surface area (Å²) in [6.07, 6.45) is 0. The van der Waals surface area contributed by atoms with Gasteiger partial charge in [0.2, 0.25) is 0 Å². The number of nitrogens with zero attached hydrogens (tertiary/aromatic N) is 2. The van der Waals surface area contributed by atoms with E-state index in [1.165, 1.54) is 5.56 Å². The van der Waals surface area contributed by atoms with E-state index in [2.05, 4.69) is 31.3 Å². The van der Waals surface area contributed by atoms with Gasteiger partial charge in [-0.3, -0.25) is 9.10 Å². The van der Waals surface area contributed by atoms with Crippen LogP contribution in [0.4, 0.5) is 5.69 Å². The number of hydrogen-bond donors (Lipinski definition) is 1. The number of carbonyl (C=O) groups is 1. The van der Waals surface area contributed by atoms with Gasteiger partial charge in [0.25, 0.3) is 15.9 Å². The molecule has 0 spiro atoms. The number of aryl methyl sites for hydroxylation is 2. The summed E-state index contributed by atoms with van der Waals surface area (Å²) in [7, 11) is -3.97. The molecule has 0 aliphatic carbocycles. The van der Waals surface area contributed by atoms with Crippen LogP contribution in [0.1, 0.15) is 49.9 Å². The summed E-state index contributed by atoms with van der Waals surface area (Å²) in [5.74, 6) is -0.534. The average Bonchev–Trinajstić information content (AvgIpc) is 2.80. The normalized spacial score (nSPS) is 12.3. The van der Waals surface area contributed by atoms with Gasteiger partial charge in [-0.1, -0.05) is 74.9 Å². The topological polar surface area (TPSA) is 78.8 Å². The van der Waals surface area contributed by atoms with Crippen LogP contribution in [-0.4, -0.2) is 26.6 Å². The molecule has 7 heteroatoms. The third-order valence-corrected chi connectivity index (χ3v) is 7.49. The zero-order chi connectivity index (χ0) is 25.8. The van der Waals surface area contributed by atoms with Gasteiger partial charge < -0.3 is 0 Å². The smallest absolute Gasteiger partial charge is 0.264 e. The van der Waals surface area contributed by atoms with Gasteiger partial charge in [-0.05, 0) is 67.1 Å². The lowest BCUT2D eigenvalue weighted by atomic mass is 9.86. The van der Waals surface area contributed by atoms with Crippen molar-refractivity contribution in [1.82, 2.24) is 5.43 Å². The number of rotatable bonds is 7. The van der Waals surface area contributed by atoms with Gasteiger partial charge in [0.15, 0.2) is 0 Å². The molecule has 3 aromatic carbocycles. The van der Waals surface area contributed by atoms with Crippen molar-refractivity contribution in [3.63, 3.8) is 0 Å².